The molecule has 1 atom stereocenters. The number of hydrogen-bond acceptors (Lipinski definition) is 4. The molecule has 2 N–H and O–H groups in total. The van der Waals surface area contributed by atoms with Crippen LogP contribution in [0.5, 0.6) is 0 Å². The number of carbonyl (C=O) groups is 3. The summed E-state index contributed by atoms with van der Waals surface area (Å²) in [6, 6.07) is 0. The number of allylic oxidation sites excluding steroid dienone is 8. The standard InChI is InChI=1S/C51H91NO5/c1-3-5-7-9-11-13-15-17-19-20-21-22-23-24-25-27-29-31-33-38-42-46-51(56)57-48(44-40-36-34-37-41-45-49(53)52-47-50(54)55)43-39-35-32-30-28-26-18-16-14-12-10-8-6-4-2/h5,7,11,13,17,19,21-22,48H,3-4,6,8-10,12,14-16,18,20,23-47H2,1-2H3,(H,52,53)(H,54,55)/b7-5-,13-11-,19-17-,22-21-. The van der Waals surface area contributed by atoms with Gasteiger partial charge in [0.2, 0.25) is 5.91 Å². The molecule has 0 aromatic rings. The maximum atomic E-state index is 12.8. The minimum absolute atomic E-state index is 0.0198. The molecule has 0 heterocycles. The number of nitrogens with one attached hydrogen (secondary N) is 1. The lowest BCUT2D eigenvalue weighted by Crippen LogP contribution is -2.28. The first-order valence-electron chi connectivity index (χ1n) is 24.3. The summed E-state index contributed by atoms with van der Waals surface area (Å²) in [6.07, 6.45) is 59.6. The van der Waals surface area contributed by atoms with Crippen molar-refractivity contribution in [3.8, 4) is 0 Å². The van der Waals surface area contributed by atoms with Gasteiger partial charge in [0.1, 0.15) is 12.6 Å². The van der Waals surface area contributed by atoms with E-state index in [1.807, 2.05) is 0 Å². The van der Waals surface area contributed by atoms with Gasteiger partial charge in [0.25, 0.3) is 0 Å². The smallest absolute Gasteiger partial charge is 0.322 e. The maximum absolute atomic E-state index is 12.8. The van der Waals surface area contributed by atoms with Crippen molar-refractivity contribution in [2.24, 2.45) is 0 Å². The minimum Gasteiger partial charge on any atom is -0.480 e. The molecule has 0 radical (unpaired) electrons. The molecule has 57 heavy (non-hydrogen) atoms. The molecular weight excluding hydrogens is 707 g/mol. The Morgan fingerprint density at radius 3 is 1.32 bits per heavy atom. The molecule has 1 unspecified atom stereocenters. The molecule has 1 amide bonds. The van der Waals surface area contributed by atoms with Crippen molar-refractivity contribution in [3.05, 3.63) is 48.6 Å². The summed E-state index contributed by atoms with van der Waals surface area (Å²) < 4.78 is 6.06. The molecule has 0 fully saturated rings. The third-order valence-corrected chi connectivity index (χ3v) is 10.8. The van der Waals surface area contributed by atoms with E-state index in [9.17, 15) is 14.4 Å². The van der Waals surface area contributed by atoms with Crippen LogP contribution in [0.1, 0.15) is 245 Å². The van der Waals surface area contributed by atoms with Gasteiger partial charge in [-0.15, -0.1) is 0 Å². The van der Waals surface area contributed by atoms with Gasteiger partial charge in [0, 0.05) is 12.8 Å². The van der Waals surface area contributed by atoms with Crippen LogP contribution in [0, 0.1) is 0 Å². The zero-order chi connectivity index (χ0) is 41.5. The fourth-order valence-corrected chi connectivity index (χ4v) is 7.21. The molecule has 6 nitrogen and oxygen atoms in total. The molecule has 0 aliphatic heterocycles. The minimum atomic E-state index is -1.02. The Bertz CT molecular complexity index is 1020. The van der Waals surface area contributed by atoms with Crippen molar-refractivity contribution in [2.45, 2.75) is 251 Å². The van der Waals surface area contributed by atoms with Gasteiger partial charge >= 0.3 is 11.9 Å². The molecule has 0 aliphatic rings. The Hall–Kier alpha value is -2.63. The van der Waals surface area contributed by atoms with Crippen LogP contribution < -0.4 is 5.32 Å². The fraction of sp³-hybridized carbons (Fsp3) is 0.784. The zero-order valence-corrected chi connectivity index (χ0v) is 37.4. The monoisotopic (exact) mass is 798 g/mol. The summed E-state index contributed by atoms with van der Waals surface area (Å²) in [6.45, 7) is 4.13. The first kappa shape index (κ1) is 54.4. The van der Waals surface area contributed by atoms with Gasteiger partial charge < -0.3 is 15.2 Å². The second-order valence-corrected chi connectivity index (χ2v) is 16.3. The van der Waals surface area contributed by atoms with Crippen molar-refractivity contribution in [2.75, 3.05) is 6.54 Å². The van der Waals surface area contributed by atoms with Crippen molar-refractivity contribution in [1.82, 2.24) is 5.32 Å². The number of hydrogen-bond donors (Lipinski definition) is 2. The van der Waals surface area contributed by atoms with E-state index >= 15 is 0 Å². The molecule has 0 rings (SSSR count). The van der Waals surface area contributed by atoms with Crippen LogP contribution in [-0.4, -0.2) is 35.6 Å². The van der Waals surface area contributed by atoms with Crippen LogP contribution in [0.2, 0.25) is 0 Å². The highest BCUT2D eigenvalue weighted by Crippen LogP contribution is 2.19. The summed E-state index contributed by atoms with van der Waals surface area (Å²) >= 11 is 0. The molecule has 0 spiro atoms. The number of carboxylic acid groups (broad SMARTS) is 1. The highest BCUT2D eigenvalue weighted by Gasteiger charge is 2.14. The fourth-order valence-electron chi connectivity index (χ4n) is 7.21. The Morgan fingerprint density at radius 1 is 0.474 bits per heavy atom. The lowest BCUT2D eigenvalue weighted by atomic mass is 10.0. The predicted octanol–water partition coefficient (Wildman–Crippen LogP) is 15.4. The van der Waals surface area contributed by atoms with Gasteiger partial charge in [0.05, 0.1) is 0 Å². The average molecular weight is 798 g/mol. The number of carbonyl (C=O) groups excluding carboxylic acids is 2. The Labute approximate surface area is 352 Å². The van der Waals surface area contributed by atoms with Gasteiger partial charge in [-0.3, -0.25) is 14.4 Å². The number of ether oxygens (including phenoxy) is 1. The number of aliphatic carboxylic acids is 1. The normalized spacial score (nSPS) is 12.5. The predicted molar refractivity (Wildman–Crippen MR) is 245 cm³/mol. The van der Waals surface area contributed by atoms with E-state index in [0.29, 0.717) is 12.8 Å². The molecule has 0 bridgehead atoms. The molecule has 0 saturated carbocycles. The van der Waals surface area contributed by atoms with Gasteiger partial charge in [-0.05, 0) is 77.0 Å². The number of unbranched alkanes of at least 4 members (excludes halogenated alkanes) is 25. The van der Waals surface area contributed by atoms with Crippen LogP contribution in [-0.2, 0) is 19.1 Å². The highest BCUT2D eigenvalue weighted by molar-refractivity contribution is 5.80. The van der Waals surface area contributed by atoms with Gasteiger partial charge in [-0.1, -0.05) is 204 Å². The molecule has 6 heteroatoms. The molecule has 0 aromatic heterocycles. The third kappa shape index (κ3) is 45.9. The highest BCUT2D eigenvalue weighted by atomic mass is 16.5. The first-order valence-corrected chi connectivity index (χ1v) is 24.3. The summed E-state index contributed by atoms with van der Waals surface area (Å²) in [5.41, 5.74) is 0. The molecule has 0 aromatic carbocycles. The number of esters is 1. The van der Waals surface area contributed by atoms with Gasteiger partial charge in [-0.2, -0.15) is 0 Å². The van der Waals surface area contributed by atoms with Gasteiger partial charge in [0.15, 0.2) is 0 Å². The molecular formula is C51H91NO5. The largest absolute Gasteiger partial charge is 0.480 e. The Balaban J connectivity index is 4.12. The number of carboxylic acids is 1. The van der Waals surface area contributed by atoms with Crippen molar-refractivity contribution < 1.29 is 24.2 Å². The number of rotatable bonds is 44. The van der Waals surface area contributed by atoms with Gasteiger partial charge in [-0.25, -0.2) is 0 Å². The van der Waals surface area contributed by atoms with Crippen LogP contribution >= 0.6 is 0 Å². The van der Waals surface area contributed by atoms with E-state index in [1.165, 1.54) is 128 Å². The van der Waals surface area contributed by atoms with E-state index in [0.717, 1.165) is 89.9 Å². The first-order chi connectivity index (χ1) is 28.0. The quantitative estimate of drug-likeness (QED) is 0.0364. The van der Waals surface area contributed by atoms with E-state index in [1.54, 1.807) is 0 Å². The molecule has 0 saturated heterocycles. The zero-order valence-electron chi connectivity index (χ0n) is 37.4. The topological polar surface area (TPSA) is 92.7 Å². The molecule has 330 valence electrons. The second-order valence-electron chi connectivity index (χ2n) is 16.3. The van der Waals surface area contributed by atoms with Crippen molar-refractivity contribution in [3.63, 3.8) is 0 Å². The molecule has 0 aliphatic carbocycles. The third-order valence-electron chi connectivity index (χ3n) is 10.8. The van der Waals surface area contributed by atoms with Crippen LogP contribution in [0.3, 0.4) is 0 Å². The van der Waals surface area contributed by atoms with E-state index < -0.39 is 5.97 Å². The van der Waals surface area contributed by atoms with Crippen LogP contribution in [0.15, 0.2) is 48.6 Å². The second kappa shape index (κ2) is 46.1. The summed E-state index contributed by atoms with van der Waals surface area (Å²) in [5.74, 6) is -1.23. The summed E-state index contributed by atoms with van der Waals surface area (Å²) in [5, 5.41) is 11.1. The number of amides is 1. The van der Waals surface area contributed by atoms with Crippen molar-refractivity contribution >= 4 is 17.8 Å². The van der Waals surface area contributed by atoms with Crippen LogP contribution in [0.4, 0.5) is 0 Å². The lowest BCUT2D eigenvalue weighted by Gasteiger charge is -2.18. The van der Waals surface area contributed by atoms with Crippen LogP contribution in [0.25, 0.3) is 0 Å². The van der Waals surface area contributed by atoms with E-state index in [2.05, 4.69) is 67.8 Å². The lowest BCUT2D eigenvalue weighted by molar-refractivity contribution is -0.150. The SMILES string of the molecule is CC/C=C\C/C=C\C/C=C\C/C=C\CCCCCCCCCCC(=O)OC(CCCCCCCCCCCCCCCC)CCCCCCCC(=O)NCC(=O)O. The average Bonchev–Trinajstić information content (AvgIpc) is 3.20. The Kier molecular flexibility index (Phi) is 43.9. The Morgan fingerprint density at radius 2 is 0.860 bits per heavy atom. The van der Waals surface area contributed by atoms with E-state index in [4.69, 9.17) is 9.84 Å². The van der Waals surface area contributed by atoms with E-state index in [-0.39, 0.29) is 24.5 Å². The maximum Gasteiger partial charge on any atom is 0.322 e. The van der Waals surface area contributed by atoms with Crippen molar-refractivity contribution in [1.29, 1.82) is 0 Å². The summed E-state index contributed by atoms with van der Waals surface area (Å²) in [4.78, 5) is 35.2. The summed E-state index contributed by atoms with van der Waals surface area (Å²) in [7, 11) is 0.